The molecule has 1 atom stereocenters. The summed E-state index contributed by atoms with van der Waals surface area (Å²) < 4.78 is 11.1. The Morgan fingerprint density at radius 1 is 1.38 bits per heavy atom. The smallest absolute Gasteiger partial charge is 0.170 e. The number of nitrogens with one attached hydrogen (secondary N) is 1. The largest absolute Gasteiger partial charge is 0.490 e. The zero-order valence-electron chi connectivity index (χ0n) is 12.9. The highest BCUT2D eigenvalue weighted by atomic mass is 16.5. The van der Waals surface area contributed by atoms with Crippen molar-refractivity contribution in [2.45, 2.75) is 45.8 Å². The van der Waals surface area contributed by atoms with Crippen LogP contribution in [0.4, 0.5) is 0 Å². The SMILES string of the molecule is CCCc1noc2cccc(OCC(O)CNC(C)C)c12. The first-order valence-electron chi connectivity index (χ1n) is 7.53. The fraction of sp³-hybridized carbons (Fsp3) is 0.562. The fourth-order valence-electron chi connectivity index (χ4n) is 2.17. The van der Waals surface area contributed by atoms with Gasteiger partial charge >= 0.3 is 0 Å². The van der Waals surface area contributed by atoms with Crippen LogP contribution >= 0.6 is 0 Å². The number of hydrogen-bond acceptors (Lipinski definition) is 5. The van der Waals surface area contributed by atoms with E-state index in [1.165, 1.54) is 0 Å². The summed E-state index contributed by atoms with van der Waals surface area (Å²) in [6.07, 6.45) is 1.30. The van der Waals surface area contributed by atoms with Gasteiger partial charge in [0.2, 0.25) is 0 Å². The van der Waals surface area contributed by atoms with Crippen molar-refractivity contribution in [3.63, 3.8) is 0 Å². The zero-order chi connectivity index (χ0) is 15.2. The molecule has 0 radical (unpaired) electrons. The molecule has 2 N–H and O–H groups in total. The molecule has 0 saturated heterocycles. The molecule has 2 rings (SSSR count). The molecule has 116 valence electrons. The first-order valence-corrected chi connectivity index (χ1v) is 7.53. The molecule has 0 spiro atoms. The van der Waals surface area contributed by atoms with E-state index >= 15 is 0 Å². The van der Waals surface area contributed by atoms with E-state index in [2.05, 4.69) is 17.4 Å². The summed E-state index contributed by atoms with van der Waals surface area (Å²) in [6, 6.07) is 5.99. The molecule has 0 amide bonds. The molecule has 2 aromatic rings. The van der Waals surface area contributed by atoms with Gasteiger partial charge in [-0.05, 0) is 18.6 Å². The van der Waals surface area contributed by atoms with Crippen LogP contribution in [0, 0.1) is 0 Å². The van der Waals surface area contributed by atoms with Crippen LogP contribution in [0.2, 0.25) is 0 Å². The third-order valence-corrected chi connectivity index (χ3v) is 3.21. The van der Waals surface area contributed by atoms with Crippen LogP contribution in [-0.4, -0.2) is 35.6 Å². The van der Waals surface area contributed by atoms with Gasteiger partial charge in [0.25, 0.3) is 0 Å². The van der Waals surface area contributed by atoms with E-state index in [1.54, 1.807) is 0 Å². The Morgan fingerprint density at radius 2 is 2.19 bits per heavy atom. The van der Waals surface area contributed by atoms with Crippen molar-refractivity contribution in [2.75, 3.05) is 13.2 Å². The standard InChI is InChI=1S/C16H24N2O3/c1-4-6-13-16-14(7-5-8-15(16)21-18-13)20-10-12(19)9-17-11(2)3/h5,7-8,11-12,17,19H,4,6,9-10H2,1-3H3. The summed E-state index contributed by atoms with van der Waals surface area (Å²) in [5, 5.41) is 18.1. The normalized spacial score (nSPS) is 13.0. The summed E-state index contributed by atoms with van der Waals surface area (Å²) in [5.41, 5.74) is 1.64. The van der Waals surface area contributed by atoms with Crippen LogP contribution in [0.1, 0.15) is 32.9 Å². The van der Waals surface area contributed by atoms with Crippen molar-refractivity contribution < 1.29 is 14.4 Å². The Bertz CT molecular complexity index is 566. The number of aromatic nitrogens is 1. The second-order valence-corrected chi connectivity index (χ2v) is 5.54. The van der Waals surface area contributed by atoms with Crippen LogP contribution in [0.5, 0.6) is 5.75 Å². The number of aliphatic hydroxyl groups is 1. The minimum Gasteiger partial charge on any atom is -0.490 e. The summed E-state index contributed by atoms with van der Waals surface area (Å²) in [7, 11) is 0. The van der Waals surface area contributed by atoms with Gasteiger partial charge in [0.05, 0.1) is 11.1 Å². The number of nitrogens with zero attached hydrogens (tertiary/aromatic N) is 1. The third kappa shape index (κ3) is 4.19. The van der Waals surface area contributed by atoms with Gasteiger partial charge in [0, 0.05) is 12.6 Å². The van der Waals surface area contributed by atoms with Crippen LogP contribution in [0.3, 0.4) is 0 Å². The molecule has 5 heteroatoms. The molecule has 1 aromatic carbocycles. The number of aliphatic hydroxyl groups excluding tert-OH is 1. The van der Waals surface area contributed by atoms with Crippen LogP contribution in [0.25, 0.3) is 11.0 Å². The maximum absolute atomic E-state index is 9.93. The van der Waals surface area contributed by atoms with Gasteiger partial charge in [-0.2, -0.15) is 0 Å². The number of aryl methyl sites for hydroxylation is 1. The second-order valence-electron chi connectivity index (χ2n) is 5.54. The van der Waals surface area contributed by atoms with Crippen LogP contribution in [0.15, 0.2) is 22.7 Å². The zero-order valence-corrected chi connectivity index (χ0v) is 12.9. The molecule has 1 heterocycles. The predicted octanol–water partition coefficient (Wildman–Crippen LogP) is 2.52. The Kier molecular flexibility index (Phi) is 5.59. The predicted molar refractivity (Wildman–Crippen MR) is 82.6 cm³/mol. The monoisotopic (exact) mass is 292 g/mol. The number of benzene rings is 1. The fourth-order valence-corrected chi connectivity index (χ4v) is 2.17. The highest BCUT2D eigenvalue weighted by Crippen LogP contribution is 2.29. The van der Waals surface area contributed by atoms with E-state index in [-0.39, 0.29) is 6.61 Å². The van der Waals surface area contributed by atoms with Crippen molar-refractivity contribution in [1.29, 1.82) is 0 Å². The first kappa shape index (κ1) is 15.8. The van der Waals surface area contributed by atoms with Gasteiger partial charge < -0.3 is 19.7 Å². The maximum atomic E-state index is 9.93. The van der Waals surface area contributed by atoms with Crippen LogP contribution < -0.4 is 10.1 Å². The quantitative estimate of drug-likeness (QED) is 0.782. The number of ether oxygens (including phenoxy) is 1. The Balaban J connectivity index is 2.05. The van der Waals surface area contributed by atoms with E-state index in [1.807, 2.05) is 32.0 Å². The van der Waals surface area contributed by atoms with Gasteiger partial charge in [-0.3, -0.25) is 0 Å². The molecular weight excluding hydrogens is 268 g/mol. The van der Waals surface area contributed by atoms with Crippen molar-refractivity contribution in [3.05, 3.63) is 23.9 Å². The average Bonchev–Trinajstić information content (AvgIpc) is 2.87. The van der Waals surface area contributed by atoms with Gasteiger partial charge in [-0.1, -0.05) is 38.4 Å². The molecule has 0 bridgehead atoms. The minimum atomic E-state index is -0.544. The van der Waals surface area contributed by atoms with E-state index in [0.717, 1.165) is 35.3 Å². The lowest BCUT2D eigenvalue weighted by atomic mass is 10.1. The van der Waals surface area contributed by atoms with Crippen molar-refractivity contribution in [3.8, 4) is 5.75 Å². The Hall–Kier alpha value is -1.59. The topological polar surface area (TPSA) is 67.5 Å². The number of rotatable bonds is 8. The van der Waals surface area contributed by atoms with Crippen molar-refractivity contribution in [1.82, 2.24) is 10.5 Å². The molecular formula is C16H24N2O3. The Morgan fingerprint density at radius 3 is 2.90 bits per heavy atom. The number of fused-ring (bicyclic) bond motifs is 1. The van der Waals surface area contributed by atoms with Gasteiger partial charge in [-0.25, -0.2) is 0 Å². The average molecular weight is 292 g/mol. The van der Waals surface area contributed by atoms with E-state index in [0.29, 0.717) is 12.6 Å². The van der Waals surface area contributed by atoms with Crippen LogP contribution in [-0.2, 0) is 6.42 Å². The summed E-state index contributed by atoms with van der Waals surface area (Å²) in [6.45, 7) is 6.95. The molecule has 1 unspecified atom stereocenters. The second kappa shape index (κ2) is 7.43. The van der Waals surface area contributed by atoms with Crippen molar-refractivity contribution in [2.24, 2.45) is 0 Å². The maximum Gasteiger partial charge on any atom is 0.170 e. The van der Waals surface area contributed by atoms with E-state index in [9.17, 15) is 5.11 Å². The lowest BCUT2D eigenvalue weighted by Gasteiger charge is -2.15. The van der Waals surface area contributed by atoms with Gasteiger partial charge in [0.1, 0.15) is 18.5 Å². The molecule has 21 heavy (non-hydrogen) atoms. The molecule has 0 aliphatic carbocycles. The lowest BCUT2D eigenvalue weighted by molar-refractivity contribution is 0.105. The molecule has 0 fully saturated rings. The Labute approximate surface area is 125 Å². The van der Waals surface area contributed by atoms with Crippen molar-refractivity contribution >= 4 is 11.0 Å². The first-order chi connectivity index (χ1) is 10.1. The van der Waals surface area contributed by atoms with Gasteiger partial charge in [-0.15, -0.1) is 0 Å². The summed E-state index contributed by atoms with van der Waals surface area (Å²) >= 11 is 0. The molecule has 5 nitrogen and oxygen atoms in total. The lowest BCUT2D eigenvalue weighted by Crippen LogP contribution is -2.35. The summed E-state index contributed by atoms with van der Waals surface area (Å²) in [5.74, 6) is 0.723. The highest BCUT2D eigenvalue weighted by Gasteiger charge is 2.14. The van der Waals surface area contributed by atoms with Gasteiger partial charge in [0.15, 0.2) is 5.58 Å². The number of hydrogen-bond donors (Lipinski definition) is 2. The third-order valence-electron chi connectivity index (χ3n) is 3.21. The molecule has 0 aliphatic heterocycles. The molecule has 0 aliphatic rings. The van der Waals surface area contributed by atoms with E-state index in [4.69, 9.17) is 9.26 Å². The van der Waals surface area contributed by atoms with E-state index < -0.39 is 6.10 Å². The molecule has 0 saturated carbocycles. The highest BCUT2D eigenvalue weighted by molar-refractivity contribution is 5.86. The summed E-state index contributed by atoms with van der Waals surface area (Å²) in [4.78, 5) is 0. The minimum absolute atomic E-state index is 0.246. The molecule has 1 aromatic heterocycles.